The minimum Gasteiger partial charge on any atom is -0.496 e. The second-order valence-electron chi connectivity index (χ2n) is 5.20. The molecule has 1 heterocycles. The number of para-hydroxylation sites is 1. The molecule has 1 unspecified atom stereocenters. The first kappa shape index (κ1) is 17.7. The summed E-state index contributed by atoms with van der Waals surface area (Å²) >= 11 is 0. The Morgan fingerprint density at radius 2 is 2.25 bits per heavy atom. The van der Waals surface area contributed by atoms with Crippen LogP contribution in [0.3, 0.4) is 0 Å². The van der Waals surface area contributed by atoms with Gasteiger partial charge in [-0.3, -0.25) is 4.84 Å². The summed E-state index contributed by atoms with van der Waals surface area (Å²) in [6, 6.07) is 7.69. The molecule has 2 aromatic rings. The van der Waals surface area contributed by atoms with Gasteiger partial charge in [0.2, 0.25) is 0 Å². The third kappa shape index (κ3) is 4.68. The van der Waals surface area contributed by atoms with E-state index in [4.69, 9.17) is 15.7 Å². The summed E-state index contributed by atoms with van der Waals surface area (Å²) in [6.45, 7) is 0.599. The van der Waals surface area contributed by atoms with E-state index in [0.29, 0.717) is 13.0 Å². The number of hydrogen-bond donors (Lipinski definition) is 2. The molecule has 1 atom stereocenters. The summed E-state index contributed by atoms with van der Waals surface area (Å²) in [4.78, 5) is 19.5. The van der Waals surface area contributed by atoms with Crippen molar-refractivity contribution in [1.82, 2.24) is 9.55 Å². The molecule has 0 amide bonds. The summed E-state index contributed by atoms with van der Waals surface area (Å²) in [5.74, 6) is 4.71. The van der Waals surface area contributed by atoms with Crippen LogP contribution < -0.4 is 10.6 Å². The van der Waals surface area contributed by atoms with Crippen molar-refractivity contribution in [3.63, 3.8) is 0 Å². The summed E-state index contributed by atoms with van der Waals surface area (Å²) in [5, 5.41) is 8.99. The first-order chi connectivity index (χ1) is 11.7. The van der Waals surface area contributed by atoms with E-state index < -0.39 is 12.1 Å². The molecule has 7 nitrogen and oxygen atoms in total. The molecular weight excluding hydrogens is 310 g/mol. The number of nitrogens with two attached hydrogens (primary N) is 1. The monoisotopic (exact) mass is 331 g/mol. The average molecular weight is 331 g/mol. The van der Waals surface area contributed by atoms with Gasteiger partial charge in [-0.1, -0.05) is 24.3 Å². The lowest BCUT2D eigenvalue weighted by Gasteiger charge is -2.14. The van der Waals surface area contributed by atoms with E-state index >= 15 is 0 Å². The number of ether oxygens (including phenoxy) is 1. The maximum absolute atomic E-state index is 11.0. The number of carboxylic acid groups (broad SMARTS) is 1. The summed E-state index contributed by atoms with van der Waals surface area (Å²) < 4.78 is 7.36. The van der Waals surface area contributed by atoms with Gasteiger partial charge in [-0.05, 0) is 24.5 Å². The Kier molecular flexibility index (Phi) is 6.53. The van der Waals surface area contributed by atoms with Crippen molar-refractivity contribution in [2.45, 2.75) is 25.5 Å². The highest BCUT2D eigenvalue weighted by atomic mass is 16.6. The molecule has 1 aromatic carbocycles. The Bertz CT molecular complexity index is 683. The Hall–Kier alpha value is -2.64. The smallest absolute Gasteiger partial charge is 0.334 e. The normalized spacial score (nSPS) is 12.8. The van der Waals surface area contributed by atoms with Gasteiger partial charge in [0, 0.05) is 24.5 Å². The van der Waals surface area contributed by atoms with Crippen molar-refractivity contribution in [2.24, 2.45) is 5.90 Å². The van der Waals surface area contributed by atoms with Crippen molar-refractivity contribution in [3.8, 4) is 5.75 Å². The van der Waals surface area contributed by atoms with Crippen molar-refractivity contribution in [2.75, 3.05) is 7.11 Å². The predicted octanol–water partition coefficient (Wildman–Crippen LogP) is 2.10. The van der Waals surface area contributed by atoms with Crippen LogP contribution in [0.1, 0.15) is 18.4 Å². The van der Waals surface area contributed by atoms with Crippen LogP contribution in [0.25, 0.3) is 5.57 Å². The van der Waals surface area contributed by atoms with Crippen molar-refractivity contribution in [1.29, 1.82) is 0 Å². The lowest BCUT2D eigenvalue weighted by molar-refractivity contribution is -0.151. The molecule has 24 heavy (non-hydrogen) atoms. The van der Waals surface area contributed by atoms with Crippen molar-refractivity contribution in [3.05, 3.63) is 54.6 Å². The molecule has 0 fully saturated rings. The van der Waals surface area contributed by atoms with Crippen LogP contribution in [0, 0.1) is 0 Å². The SMILES string of the molecule is COc1ccccc1C(=CCCC(ON)C(=O)O)Cn1ccnc1. The minimum atomic E-state index is -1.07. The van der Waals surface area contributed by atoms with Crippen molar-refractivity contribution < 1.29 is 19.5 Å². The quantitative estimate of drug-likeness (QED) is 0.683. The van der Waals surface area contributed by atoms with Crippen LogP contribution in [-0.4, -0.2) is 33.8 Å². The molecule has 128 valence electrons. The van der Waals surface area contributed by atoms with Gasteiger partial charge in [-0.15, -0.1) is 0 Å². The second-order valence-corrected chi connectivity index (χ2v) is 5.20. The number of aliphatic carboxylic acids is 1. The van der Waals surface area contributed by atoms with Gasteiger partial charge >= 0.3 is 5.97 Å². The summed E-state index contributed by atoms with van der Waals surface area (Å²) in [6.07, 6.45) is 7.06. The van der Waals surface area contributed by atoms with Crippen molar-refractivity contribution >= 4 is 11.5 Å². The van der Waals surface area contributed by atoms with Gasteiger partial charge in [0.05, 0.1) is 13.4 Å². The number of methoxy groups -OCH3 is 1. The lowest BCUT2D eigenvalue weighted by atomic mass is 10.0. The van der Waals surface area contributed by atoms with E-state index in [1.165, 1.54) is 0 Å². The largest absolute Gasteiger partial charge is 0.496 e. The van der Waals surface area contributed by atoms with E-state index in [1.807, 2.05) is 41.1 Å². The Labute approximate surface area is 140 Å². The Morgan fingerprint density at radius 1 is 1.46 bits per heavy atom. The van der Waals surface area contributed by atoms with Crippen LogP contribution in [0.2, 0.25) is 0 Å². The molecule has 0 bridgehead atoms. The second kappa shape index (κ2) is 8.85. The number of allylic oxidation sites excluding steroid dienone is 2. The fraction of sp³-hybridized carbons (Fsp3) is 0.294. The first-order valence-electron chi connectivity index (χ1n) is 7.52. The highest BCUT2D eigenvalue weighted by Gasteiger charge is 2.16. The lowest BCUT2D eigenvalue weighted by Crippen LogP contribution is -2.26. The maximum Gasteiger partial charge on any atom is 0.334 e. The number of hydrogen-bond acceptors (Lipinski definition) is 5. The van der Waals surface area contributed by atoms with E-state index in [9.17, 15) is 4.79 Å². The molecule has 0 aliphatic rings. The van der Waals surface area contributed by atoms with Gasteiger partial charge < -0.3 is 14.4 Å². The number of aromatic nitrogens is 2. The Morgan fingerprint density at radius 3 is 2.88 bits per heavy atom. The molecule has 7 heteroatoms. The van der Waals surface area contributed by atoms with Crippen LogP contribution >= 0.6 is 0 Å². The van der Waals surface area contributed by atoms with Gasteiger partial charge in [-0.2, -0.15) is 0 Å². The topological polar surface area (TPSA) is 99.6 Å². The van der Waals surface area contributed by atoms with Crippen LogP contribution in [-0.2, 0) is 16.2 Å². The summed E-state index contributed by atoms with van der Waals surface area (Å²) in [7, 11) is 1.62. The number of benzene rings is 1. The van der Waals surface area contributed by atoms with Crippen LogP contribution in [0.15, 0.2) is 49.1 Å². The minimum absolute atomic E-state index is 0.286. The standard InChI is InChI=1S/C17H21N3O4/c1-23-15-7-3-2-6-14(15)13(11-20-10-9-19-12-20)5-4-8-16(24-18)17(21)22/h2-3,5-7,9-10,12,16H,4,8,11,18H2,1H3,(H,21,22). The highest BCUT2D eigenvalue weighted by molar-refractivity contribution is 5.73. The molecule has 0 saturated heterocycles. The van der Waals surface area contributed by atoms with Gasteiger partial charge in [-0.25, -0.2) is 15.7 Å². The first-order valence-corrected chi connectivity index (χ1v) is 7.52. The number of nitrogens with zero attached hydrogens (tertiary/aromatic N) is 2. The zero-order valence-corrected chi connectivity index (χ0v) is 13.5. The van der Waals surface area contributed by atoms with E-state index in [1.54, 1.807) is 19.6 Å². The van der Waals surface area contributed by atoms with Crippen LogP contribution in [0.5, 0.6) is 5.75 Å². The van der Waals surface area contributed by atoms with Crippen LogP contribution in [0.4, 0.5) is 0 Å². The third-order valence-corrected chi connectivity index (χ3v) is 3.62. The molecule has 0 radical (unpaired) electrons. The molecule has 0 spiro atoms. The fourth-order valence-electron chi connectivity index (χ4n) is 2.41. The molecule has 0 saturated carbocycles. The highest BCUT2D eigenvalue weighted by Crippen LogP contribution is 2.27. The Balaban J connectivity index is 2.22. The molecule has 3 N–H and O–H groups in total. The number of carbonyl (C=O) groups is 1. The maximum atomic E-state index is 11.0. The zero-order chi connectivity index (χ0) is 17.4. The summed E-state index contributed by atoms with van der Waals surface area (Å²) in [5.41, 5.74) is 1.96. The average Bonchev–Trinajstić information content (AvgIpc) is 3.10. The third-order valence-electron chi connectivity index (χ3n) is 3.62. The molecule has 0 aliphatic carbocycles. The predicted molar refractivity (Wildman–Crippen MR) is 89.1 cm³/mol. The van der Waals surface area contributed by atoms with Gasteiger partial charge in [0.25, 0.3) is 0 Å². The van der Waals surface area contributed by atoms with E-state index in [2.05, 4.69) is 9.82 Å². The van der Waals surface area contributed by atoms with Gasteiger partial charge in [0.15, 0.2) is 6.10 Å². The number of rotatable bonds is 9. The molecular formula is C17H21N3O4. The number of carboxylic acids is 1. The van der Waals surface area contributed by atoms with E-state index in [-0.39, 0.29) is 6.42 Å². The molecule has 1 aromatic heterocycles. The molecule has 0 aliphatic heterocycles. The number of imidazole rings is 1. The fourth-order valence-corrected chi connectivity index (χ4v) is 2.41. The van der Waals surface area contributed by atoms with Gasteiger partial charge in [0.1, 0.15) is 5.75 Å². The molecule has 2 rings (SSSR count). The van der Waals surface area contributed by atoms with E-state index in [0.717, 1.165) is 16.9 Å². The zero-order valence-electron chi connectivity index (χ0n) is 13.5.